The molecule has 2 aromatic rings. The van der Waals surface area contributed by atoms with Crippen molar-refractivity contribution in [3.8, 4) is 5.75 Å². The summed E-state index contributed by atoms with van der Waals surface area (Å²) in [5, 5.41) is 0. The van der Waals surface area contributed by atoms with Gasteiger partial charge in [-0.2, -0.15) is 0 Å². The van der Waals surface area contributed by atoms with Crippen LogP contribution in [-0.4, -0.2) is 64.4 Å². The van der Waals surface area contributed by atoms with Crippen LogP contribution in [0.1, 0.15) is 59.9 Å². The number of hydrogen-bond acceptors (Lipinski definition) is 5. The third-order valence-corrected chi connectivity index (χ3v) is 6.19. The highest BCUT2D eigenvalue weighted by atomic mass is 19.1. The number of likely N-dealkylation sites (tertiary alicyclic amines) is 2. The van der Waals surface area contributed by atoms with Crippen LogP contribution in [0.25, 0.3) is 0 Å². The van der Waals surface area contributed by atoms with Crippen LogP contribution in [0.5, 0.6) is 5.75 Å². The molecule has 1 aromatic heterocycles. The zero-order chi connectivity index (χ0) is 22.5. The van der Waals surface area contributed by atoms with Gasteiger partial charge in [-0.15, -0.1) is 0 Å². The van der Waals surface area contributed by atoms with Crippen LogP contribution in [0.15, 0.2) is 30.5 Å². The maximum Gasteiger partial charge on any atom is 0.260 e. The number of nitrogens with zero attached hydrogens (tertiary/aromatic N) is 4. The normalized spacial score (nSPS) is 19.0. The molecule has 7 nitrogen and oxygen atoms in total. The second kappa shape index (κ2) is 10.1. The van der Waals surface area contributed by atoms with Crippen molar-refractivity contribution in [2.45, 2.75) is 44.9 Å². The van der Waals surface area contributed by atoms with Gasteiger partial charge < -0.3 is 14.5 Å². The summed E-state index contributed by atoms with van der Waals surface area (Å²) < 4.78 is 18.5. The van der Waals surface area contributed by atoms with Gasteiger partial charge in [0.15, 0.2) is 6.61 Å². The van der Waals surface area contributed by atoms with E-state index in [1.54, 1.807) is 11.1 Å². The third kappa shape index (κ3) is 5.23. The zero-order valence-corrected chi connectivity index (χ0v) is 18.4. The van der Waals surface area contributed by atoms with Gasteiger partial charge >= 0.3 is 0 Å². The number of halogens is 1. The fourth-order valence-corrected chi connectivity index (χ4v) is 4.34. The van der Waals surface area contributed by atoms with Crippen molar-refractivity contribution in [2.75, 3.05) is 32.8 Å². The molecule has 2 aliphatic heterocycles. The standard InChI is InChI=1S/C24H29FN4O3/c1-17-21(24(31)28-11-3-2-4-12-28)14-26-23(27-17)18-6-5-13-29(15-18)22(30)16-32-20-9-7-19(25)8-10-20/h7-10,14,18H,2-6,11-13,15-16H2,1H3/t18-/m0/s1. The van der Waals surface area contributed by atoms with Gasteiger partial charge in [-0.3, -0.25) is 9.59 Å². The number of benzene rings is 1. The Morgan fingerprint density at radius 3 is 2.50 bits per heavy atom. The Kier molecular flexibility index (Phi) is 6.97. The third-order valence-electron chi connectivity index (χ3n) is 6.19. The summed E-state index contributed by atoms with van der Waals surface area (Å²) >= 11 is 0. The molecule has 0 unspecified atom stereocenters. The lowest BCUT2D eigenvalue weighted by molar-refractivity contribution is -0.134. The van der Waals surface area contributed by atoms with E-state index in [1.165, 1.54) is 30.7 Å². The van der Waals surface area contributed by atoms with E-state index < -0.39 is 0 Å². The first-order chi connectivity index (χ1) is 15.5. The molecule has 3 heterocycles. The maximum atomic E-state index is 13.0. The van der Waals surface area contributed by atoms with E-state index in [1.807, 2.05) is 11.8 Å². The van der Waals surface area contributed by atoms with Crippen LogP contribution in [0.3, 0.4) is 0 Å². The van der Waals surface area contributed by atoms with E-state index >= 15 is 0 Å². The molecule has 32 heavy (non-hydrogen) atoms. The van der Waals surface area contributed by atoms with E-state index in [2.05, 4.69) is 9.97 Å². The van der Waals surface area contributed by atoms with Crippen molar-refractivity contribution in [2.24, 2.45) is 0 Å². The summed E-state index contributed by atoms with van der Waals surface area (Å²) in [5.41, 5.74) is 1.25. The predicted octanol–water partition coefficient (Wildman–Crippen LogP) is 3.34. The summed E-state index contributed by atoms with van der Waals surface area (Å²) in [6.07, 6.45) is 6.64. The number of aromatic nitrogens is 2. The number of ether oxygens (including phenoxy) is 1. The van der Waals surface area contributed by atoms with Crippen molar-refractivity contribution < 1.29 is 18.7 Å². The molecular formula is C24H29FN4O3. The highest BCUT2D eigenvalue weighted by Gasteiger charge is 2.28. The minimum absolute atomic E-state index is 0.00661. The van der Waals surface area contributed by atoms with E-state index in [9.17, 15) is 14.0 Å². The van der Waals surface area contributed by atoms with Crippen molar-refractivity contribution in [1.82, 2.24) is 19.8 Å². The summed E-state index contributed by atoms with van der Waals surface area (Å²) in [6, 6.07) is 5.61. The SMILES string of the molecule is Cc1nc([C@H]2CCCN(C(=O)COc3ccc(F)cc3)C2)ncc1C(=O)N1CCCCC1. The van der Waals surface area contributed by atoms with Gasteiger partial charge in [0.25, 0.3) is 11.8 Å². The van der Waals surface area contributed by atoms with Crippen LogP contribution in [0.4, 0.5) is 4.39 Å². The Hall–Kier alpha value is -3.03. The van der Waals surface area contributed by atoms with Crippen molar-refractivity contribution in [1.29, 1.82) is 0 Å². The average molecular weight is 441 g/mol. The Morgan fingerprint density at radius 1 is 1.06 bits per heavy atom. The van der Waals surface area contributed by atoms with Crippen LogP contribution >= 0.6 is 0 Å². The minimum atomic E-state index is -0.346. The molecular weight excluding hydrogens is 411 g/mol. The summed E-state index contributed by atoms with van der Waals surface area (Å²) in [7, 11) is 0. The maximum absolute atomic E-state index is 13.0. The molecule has 0 saturated carbocycles. The van der Waals surface area contributed by atoms with E-state index in [4.69, 9.17) is 4.74 Å². The summed E-state index contributed by atoms with van der Waals surface area (Å²) in [6.45, 7) is 4.52. The van der Waals surface area contributed by atoms with E-state index in [-0.39, 0.29) is 30.2 Å². The van der Waals surface area contributed by atoms with Gasteiger partial charge in [-0.1, -0.05) is 0 Å². The molecule has 2 saturated heterocycles. The number of rotatable bonds is 5. The quantitative estimate of drug-likeness (QED) is 0.713. The predicted molar refractivity (Wildman–Crippen MR) is 117 cm³/mol. The van der Waals surface area contributed by atoms with Crippen LogP contribution in [-0.2, 0) is 4.79 Å². The fourth-order valence-electron chi connectivity index (χ4n) is 4.34. The van der Waals surface area contributed by atoms with Crippen molar-refractivity contribution >= 4 is 11.8 Å². The highest BCUT2D eigenvalue weighted by molar-refractivity contribution is 5.95. The van der Waals surface area contributed by atoms with Gasteiger partial charge in [0.2, 0.25) is 0 Å². The second-order valence-corrected chi connectivity index (χ2v) is 8.50. The monoisotopic (exact) mass is 440 g/mol. The topological polar surface area (TPSA) is 75.6 Å². The first-order valence-electron chi connectivity index (χ1n) is 11.3. The number of piperidine rings is 2. The molecule has 2 fully saturated rings. The van der Waals surface area contributed by atoms with Gasteiger partial charge in [-0.25, -0.2) is 14.4 Å². The number of aryl methyl sites for hydroxylation is 1. The Bertz CT molecular complexity index is 960. The van der Waals surface area contributed by atoms with Crippen molar-refractivity contribution in [3.05, 3.63) is 53.4 Å². The van der Waals surface area contributed by atoms with Crippen LogP contribution < -0.4 is 4.74 Å². The smallest absolute Gasteiger partial charge is 0.260 e. The lowest BCUT2D eigenvalue weighted by Gasteiger charge is -2.32. The second-order valence-electron chi connectivity index (χ2n) is 8.50. The Balaban J connectivity index is 1.37. The molecule has 0 aliphatic carbocycles. The molecule has 2 amide bonds. The fraction of sp³-hybridized carbons (Fsp3) is 0.500. The molecule has 0 bridgehead atoms. The first kappa shape index (κ1) is 22.2. The number of amides is 2. The minimum Gasteiger partial charge on any atom is -0.484 e. The van der Waals surface area contributed by atoms with Crippen LogP contribution in [0, 0.1) is 12.7 Å². The summed E-state index contributed by atoms with van der Waals surface area (Å²) in [4.78, 5) is 38.3. The molecule has 0 spiro atoms. The molecule has 1 aromatic carbocycles. The molecule has 2 aliphatic rings. The number of carbonyl (C=O) groups is 2. The molecule has 0 N–H and O–H groups in total. The highest BCUT2D eigenvalue weighted by Crippen LogP contribution is 2.26. The molecule has 8 heteroatoms. The van der Waals surface area contributed by atoms with Gasteiger partial charge in [0.05, 0.1) is 11.3 Å². The Labute approximate surface area is 187 Å². The van der Waals surface area contributed by atoms with Gasteiger partial charge in [-0.05, 0) is 63.3 Å². The zero-order valence-electron chi connectivity index (χ0n) is 18.4. The Morgan fingerprint density at radius 2 is 1.78 bits per heavy atom. The molecule has 4 rings (SSSR count). The average Bonchev–Trinajstić information content (AvgIpc) is 2.83. The number of carbonyl (C=O) groups excluding carboxylic acids is 2. The van der Waals surface area contributed by atoms with Gasteiger partial charge in [0, 0.05) is 38.3 Å². The van der Waals surface area contributed by atoms with Crippen LogP contribution in [0.2, 0.25) is 0 Å². The van der Waals surface area contributed by atoms with Crippen molar-refractivity contribution in [3.63, 3.8) is 0 Å². The lowest BCUT2D eigenvalue weighted by Crippen LogP contribution is -2.42. The van der Waals surface area contributed by atoms with E-state index in [0.717, 1.165) is 38.8 Å². The molecule has 0 radical (unpaired) electrons. The van der Waals surface area contributed by atoms with E-state index in [0.29, 0.717) is 35.9 Å². The molecule has 170 valence electrons. The van der Waals surface area contributed by atoms with Gasteiger partial charge in [0.1, 0.15) is 17.4 Å². The summed E-state index contributed by atoms with van der Waals surface area (Å²) in [5.74, 6) is 0.702. The largest absolute Gasteiger partial charge is 0.484 e. The first-order valence-corrected chi connectivity index (χ1v) is 11.3. The lowest BCUT2D eigenvalue weighted by atomic mass is 9.96. The number of hydrogen-bond donors (Lipinski definition) is 0. The molecule has 1 atom stereocenters.